The maximum absolute atomic E-state index is 8.87. The molecule has 162 valence electrons. The van der Waals surface area contributed by atoms with Crippen LogP contribution >= 0.6 is 11.6 Å². The zero-order valence-corrected chi connectivity index (χ0v) is 18.2. The third-order valence-electron chi connectivity index (χ3n) is 5.03. The van der Waals surface area contributed by atoms with E-state index >= 15 is 0 Å². The highest BCUT2D eigenvalue weighted by atomic mass is 35.5. The Morgan fingerprint density at radius 2 is 1.87 bits per heavy atom. The smallest absolute Gasteiger partial charge is 0.213 e. The van der Waals surface area contributed by atoms with Gasteiger partial charge in [0.05, 0.1) is 36.6 Å². The van der Waals surface area contributed by atoms with Gasteiger partial charge in [-0.15, -0.1) is 0 Å². The lowest BCUT2D eigenvalue weighted by Gasteiger charge is -2.32. The van der Waals surface area contributed by atoms with Crippen molar-refractivity contribution in [2.75, 3.05) is 44.3 Å². The molecule has 0 spiro atoms. The molecule has 1 saturated heterocycles. The number of rotatable bonds is 10. The number of hydrogen-bond donors (Lipinski definition) is 0. The van der Waals surface area contributed by atoms with Crippen LogP contribution in [-0.2, 0) is 11.3 Å². The van der Waals surface area contributed by atoms with Crippen LogP contribution in [0.1, 0.15) is 18.4 Å². The van der Waals surface area contributed by atoms with Gasteiger partial charge in [-0.3, -0.25) is 4.90 Å². The Morgan fingerprint density at radius 1 is 1.13 bits per heavy atom. The van der Waals surface area contributed by atoms with E-state index in [1.165, 1.54) is 5.56 Å². The maximum atomic E-state index is 8.87. The molecule has 0 aliphatic carbocycles. The Kier molecular flexibility index (Phi) is 8.93. The van der Waals surface area contributed by atoms with Crippen molar-refractivity contribution in [2.24, 2.45) is 0 Å². The molecule has 0 N–H and O–H groups in total. The van der Waals surface area contributed by atoms with E-state index < -0.39 is 0 Å². The van der Waals surface area contributed by atoms with Crippen LogP contribution in [0.3, 0.4) is 0 Å². The van der Waals surface area contributed by atoms with E-state index in [0.29, 0.717) is 50.0 Å². The second-order valence-corrected chi connectivity index (χ2v) is 7.76. The van der Waals surface area contributed by atoms with Gasteiger partial charge in [0.25, 0.3) is 0 Å². The van der Waals surface area contributed by atoms with Crippen molar-refractivity contribution in [3.63, 3.8) is 0 Å². The Morgan fingerprint density at radius 3 is 2.52 bits per heavy atom. The number of benzene rings is 1. The van der Waals surface area contributed by atoms with Gasteiger partial charge in [0.15, 0.2) is 0 Å². The summed E-state index contributed by atoms with van der Waals surface area (Å²) in [6.45, 7) is 4.85. The van der Waals surface area contributed by atoms with Crippen LogP contribution < -0.4 is 9.64 Å². The predicted octanol–water partition coefficient (Wildman–Crippen LogP) is 3.65. The molecule has 1 aromatic carbocycles. The topological polar surface area (TPSA) is 85.4 Å². The number of halogens is 1. The molecule has 0 saturated carbocycles. The van der Waals surface area contributed by atoms with Gasteiger partial charge in [-0.05, 0) is 23.8 Å². The number of morpholine rings is 1. The number of aromatic nitrogens is 1. The van der Waals surface area contributed by atoms with Crippen molar-refractivity contribution in [2.45, 2.75) is 25.5 Å². The highest BCUT2D eigenvalue weighted by Gasteiger charge is 2.21. The largest absolute Gasteiger partial charge is 0.475 e. The Labute approximate surface area is 188 Å². The third-order valence-corrected chi connectivity index (χ3v) is 5.26. The van der Waals surface area contributed by atoms with Crippen molar-refractivity contribution in [3.05, 3.63) is 53.2 Å². The number of nitrogens with zero attached hydrogens (tertiary/aromatic N) is 5. The zero-order chi connectivity index (χ0) is 21.9. The molecular formula is C23H26ClN5O2. The minimum atomic E-state index is -0.0158. The summed E-state index contributed by atoms with van der Waals surface area (Å²) in [5, 5.41) is 18.3. The second-order valence-electron chi connectivity index (χ2n) is 7.32. The van der Waals surface area contributed by atoms with Gasteiger partial charge in [0.1, 0.15) is 12.7 Å². The summed E-state index contributed by atoms with van der Waals surface area (Å²) in [5.74, 6) is 0.540. The molecule has 1 fully saturated rings. The minimum Gasteiger partial charge on any atom is -0.475 e. The molecule has 3 rings (SSSR count). The van der Waals surface area contributed by atoms with Gasteiger partial charge < -0.3 is 14.4 Å². The predicted molar refractivity (Wildman–Crippen MR) is 119 cm³/mol. The molecule has 2 heterocycles. The molecule has 0 bridgehead atoms. The van der Waals surface area contributed by atoms with E-state index in [-0.39, 0.29) is 6.10 Å². The van der Waals surface area contributed by atoms with Gasteiger partial charge in [-0.1, -0.05) is 23.7 Å². The molecule has 0 radical (unpaired) electrons. The first-order chi connectivity index (χ1) is 15.2. The molecule has 1 aromatic heterocycles. The quantitative estimate of drug-likeness (QED) is 0.558. The summed E-state index contributed by atoms with van der Waals surface area (Å²) >= 11 is 5.85. The summed E-state index contributed by atoms with van der Waals surface area (Å²) in [6, 6.07) is 16.2. The Bertz CT molecular complexity index is 874. The van der Waals surface area contributed by atoms with Gasteiger partial charge in [0.2, 0.25) is 5.88 Å². The molecule has 31 heavy (non-hydrogen) atoms. The van der Waals surface area contributed by atoms with Crippen molar-refractivity contribution in [1.29, 1.82) is 10.5 Å². The van der Waals surface area contributed by atoms with Crippen LogP contribution in [0.2, 0.25) is 5.02 Å². The standard InChI is InChI=1S/C23H26ClN5O2/c24-20-5-8-23(27-15-20)31-18-22-17-28(13-14-30-22)16-19-3-6-21(7-4-19)29(11-1-9-25)12-2-10-26/h3-8,15,22H,1-2,11-14,16-18H2. The van der Waals surface area contributed by atoms with Crippen LogP contribution in [0.15, 0.2) is 42.6 Å². The minimum absolute atomic E-state index is 0.0158. The van der Waals surface area contributed by atoms with E-state index in [1.54, 1.807) is 18.3 Å². The van der Waals surface area contributed by atoms with Crippen LogP contribution in [-0.4, -0.2) is 55.4 Å². The second kappa shape index (κ2) is 12.1. The fourth-order valence-corrected chi connectivity index (χ4v) is 3.57. The molecule has 1 unspecified atom stereocenters. The first-order valence-corrected chi connectivity index (χ1v) is 10.7. The number of nitriles is 2. The normalized spacial score (nSPS) is 16.3. The molecule has 2 aromatic rings. The van der Waals surface area contributed by atoms with Gasteiger partial charge in [-0.25, -0.2) is 4.98 Å². The molecule has 8 heteroatoms. The van der Waals surface area contributed by atoms with Crippen LogP contribution in [0.5, 0.6) is 5.88 Å². The van der Waals surface area contributed by atoms with Crippen molar-refractivity contribution < 1.29 is 9.47 Å². The lowest BCUT2D eigenvalue weighted by atomic mass is 10.1. The number of hydrogen-bond acceptors (Lipinski definition) is 7. The number of ether oxygens (including phenoxy) is 2. The fourth-order valence-electron chi connectivity index (χ4n) is 3.46. The lowest BCUT2D eigenvalue weighted by molar-refractivity contribution is -0.0510. The fraction of sp³-hybridized carbons (Fsp3) is 0.435. The van der Waals surface area contributed by atoms with Crippen molar-refractivity contribution in [1.82, 2.24) is 9.88 Å². The molecule has 1 aliphatic heterocycles. The molecule has 1 aliphatic rings. The van der Waals surface area contributed by atoms with Crippen LogP contribution in [0.25, 0.3) is 0 Å². The summed E-state index contributed by atoms with van der Waals surface area (Å²) in [7, 11) is 0. The SMILES string of the molecule is N#CCCN(CCC#N)c1ccc(CN2CCOC(COc3ccc(Cl)cn3)C2)cc1. The summed E-state index contributed by atoms with van der Waals surface area (Å²) in [6.07, 6.45) is 2.43. The molecule has 7 nitrogen and oxygen atoms in total. The Balaban J connectivity index is 1.51. The first-order valence-electron chi connectivity index (χ1n) is 10.3. The average molecular weight is 440 g/mol. The average Bonchev–Trinajstić information content (AvgIpc) is 2.80. The summed E-state index contributed by atoms with van der Waals surface area (Å²) in [4.78, 5) is 8.58. The number of anilines is 1. The van der Waals surface area contributed by atoms with E-state index in [1.807, 2.05) is 0 Å². The summed E-state index contributed by atoms with van der Waals surface area (Å²) < 4.78 is 11.6. The van der Waals surface area contributed by atoms with E-state index in [2.05, 4.69) is 51.2 Å². The third kappa shape index (κ3) is 7.41. The van der Waals surface area contributed by atoms with E-state index in [9.17, 15) is 0 Å². The molecular weight excluding hydrogens is 414 g/mol. The maximum Gasteiger partial charge on any atom is 0.213 e. The van der Waals surface area contributed by atoms with E-state index in [4.69, 9.17) is 31.6 Å². The number of pyridine rings is 1. The Hall–Kier alpha value is -2.84. The van der Waals surface area contributed by atoms with E-state index in [0.717, 1.165) is 25.3 Å². The molecule has 1 atom stereocenters. The highest BCUT2D eigenvalue weighted by molar-refractivity contribution is 6.30. The highest BCUT2D eigenvalue weighted by Crippen LogP contribution is 2.19. The lowest BCUT2D eigenvalue weighted by Crippen LogP contribution is -2.44. The first kappa shape index (κ1) is 22.8. The van der Waals surface area contributed by atoms with Crippen molar-refractivity contribution >= 4 is 17.3 Å². The van der Waals surface area contributed by atoms with Crippen molar-refractivity contribution in [3.8, 4) is 18.0 Å². The van der Waals surface area contributed by atoms with Gasteiger partial charge in [-0.2, -0.15) is 10.5 Å². The molecule has 0 amide bonds. The monoisotopic (exact) mass is 439 g/mol. The van der Waals surface area contributed by atoms with Gasteiger partial charge in [0, 0.05) is 50.7 Å². The summed E-state index contributed by atoms with van der Waals surface area (Å²) in [5.41, 5.74) is 2.25. The van der Waals surface area contributed by atoms with Gasteiger partial charge >= 0.3 is 0 Å². The van der Waals surface area contributed by atoms with Crippen LogP contribution in [0, 0.1) is 22.7 Å². The zero-order valence-electron chi connectivity index (χ0n) is 17.4. The van der Waals surface area contributed by atoms with Crippen LogP contribution in [0.4, 0.5) is 5.69 Å².